The molecular weight excluding hydrogens is 320 g/mol. The molecule has 3 atom stereocenters. The van der Waals surface area contributed by atoms with Crippen LogP contribution in [-0.4, -0.2) is 10.9 Å². The third kappa shape index (κ3) is 2.38. The molecule has 0 radical (unpaired) electrons. The number of carbonyl (C=O) groups excluding carboxylic acids is 1. The van der Waals surface area contributed by atoms with E-state index in [1.807, 2.05) is 6.07 Å². The summed E-state index contributed by atoms with van der Waals surface area (Å²) >= 11 is 0. The van der Waals surface area contributed by atoms with Gasteiger partial charge in [0.25, 0.3) is 5.69 Å². The highest BCUT2D eigenvalue weighted by Crippen LogP contribution is 2.51. The van der Waals surface area contributed by atoms with Crippen LogP contribution in [0.1, 0.15) is 39.9 Å². The molecule has 6 heteroatoms. The number of anilines is 1. The van der Waals surface area contributed by atoms with Gasteiger partial charge in [-0.05, 0) is 17.9 Å². The summed E-state index contributed by atoms with van der Waals surface area (Å²) in [6.45, 7) is 0. The van der Waals surface area contributed by atoms with E-state index in [-0.39, 0.29) is 29.1 Å². The Morgan fingerprint density at radius 3 is 2.64 bits per heavy atom. The molecule has 2 aromatic rings. The lowest BCUT2D eigenvalue weighted by Gasteiger charge is -2.38. The highest BCUT2D eigenvalue weighted by Gasteiger charge is 2.40. The Balaban J connectivity index is 1.88. The number of rotatable bonds is 3. The maximum atomic E-state index is 11.5. The number of para-hydroxylation sites is 2. The quantitative estimate of drug-likeness (QED) is 0.529. The van der Waals surface area contributed by atoms with Crippen molar-refractivity contribution in [3.63, 3.8) is 0 Å². The molecule has 4 rings (SSSR count). The Morgan fingerprint density at radius 1 is 1.12 bits per heavy atom. The minimum atomic E-state index is -1.26. The first-order valence-corrected chi connectivity index (χ1v) is 8.08. The Kier molecular flexibility index (Phi) is 3.53. The summed E-state index contributed by atoms with van der Waals surface area (Å²) in [5.41, 5.74) is 2.10. The number of nitro groups is 1. The molecular formula is C19H15N2O4-. The number of carboxylic acid groups (broad SMARTS) is 1. The molecule has 25 heavy (non-hydrogen) atoms. The van der Waals surface area contributed by atoms with Gasteiger partial charge in [0, 0.05) is 23.2 Å². The number of aromatic carboxylic acids is 1. The Morgan fingerprint density at radius 2 is 1.88 bits per heavy atom. The SMILES string of the molecule is O=C([O-])c1cccc2c1N[C@H](c1ccccc1[N+](=O)[O-])[C@H]1CC=C[C@H]21. The maximum absolute atomic E-state index is 11.5. The lowest BCUT2D eigenvalue weighted by molar-refractivity contribution is -0.385. The third-order valence-electron chi connectivity index (χ3n) is 5.09. The molecule has 0 unspecified atom stereocenters. The number of nitrogens with zero attached hydrogens (tertiary/aromatic N) is 1. The smallest absolute Gasteiger partial charge is 0.274 e. The van der Waals surface area contributed by atoms with E-state index in [1.54, 1.807) is 24.3 Å². The predicted octanol–water partition coefficient (Wildman–Crippen LogP) is 2.78. The Labute approximate surface area is 144 Å². The number of allylic oxidation sites excluding steroid dienone is 2. The highest BCUT2D eigenvalue weighted by molar-refractivity contribution is 5.94. The van der Waals surface area contributed by atoms with E-state index in [1.165, 1.54) is 12.1 Å². The normalized spacial score (nSPS) is 23.4. The van der Waals surface area contributed by atoms with Crippen LogP contribution in [0.25, 0.3) is 0 Å². The number of fused-ring (bicyclic) bond motifs is 3. The van der Waals surface area contributed by atoms with Crippen LogP contribution < -0.4 is 10.4 Å². The predicted molar refractivity (Wildman–Crippen MR) is 90.2 cm³/mol. The van der Waals surface area contributed by atoms with Crippen molar-refractivity contribution < 1.29 is 14.8 Å². The zero-order chi connectivity index (χ0) is 17.6. The molecule has 1 aliphatic carbocycles. The fourth-order valence-corrected chi connectivity index (χ4v) is 4.02. The van der Waals surface area contributed by atoms with Crippen LogP contribution in [0.3, 0.4) is 0 Å². The van der Waals surface area contributed by atoms with Gasteiger partial charge in [-0.2, -0.15) is 0 Å². The fraction of sp³-hybridized carbons (Fsp3) is 0.211. The average molecular weight is 335 g/mol. The first kappa shape index (κ1) is 15.4. The second-order valence-electron chi connectivity index (χ2n) is 6.35. The van der Waals surface area contributed by atoms with Gasteiger partial charge in [0.05, 0.1) is 22.5 Å². The molecule has 1 heterocycles. The van der Waals surface area contributed by atoms with Gasteiger partial charge in [0.1, 0.15) is 0 Å². The summed E-state index contributed by atoms with van der Waals surface area (Å²) in [7, 11) is 0. The zero-order valence-corrected chi connectivity index (χ0v) is 13.2. The van der Waals surface area contributed by atoms with E-state index in [2.05, 4.69) is 17.5 Å². The van der Waals surface area contributed by atoms with E-state index in [9.17, 15) is 20.0 Å². The van der Waals surface area contributed by atoms with E-state index in [4.69, 9.17) is 0 Å². The molecule has 126 valence electrons. The van der Waals surface area contributed by atoms with Crippen molar-refractivity contribution in [3.8, 4) is 0 Å². The minimum absolute atomic E-state index is 0.0281. The van der Waals surface area contributed by atoms with Gasteiger partial charge in [-0.25, -0.2) is 0 Å². The van der Waals surface area contributed by atoms with Gasteiger partial charge in [-0.15, -0.1) is 0 Å². The van der Waals surface area contributed by atoms with Crippen molar-refractivity contribution in [1.29, 1.82) is 0 Å². The molecule has 6 nitrogen and oxygen atoms in total. The van der Waals surface area contributed by atoms with Crippen LogP contribution in [-0.2, 0) is 0 Å². The van der Waals surface area contributed by atoms with Crippen molar-refractivity contribution in [2.45, 2.75) is 18.4 Å². The molecule has 0 fully saturated rings. The molecule has 2 aliphatic rings. The van der Waals surface area contributed by atoms with Crippen molar-refractivity contribution >= 4 is 17.3 Å². The standard InChI is InChI=1S/C19H16N2O4/c22-19(23)15-9-4-8-13-11-6-3-7-12(11)17(20-18(13)15)14-5-1-2-10-16(14)21(24)25/h1-6,8-12,17,20H,7H2,(H,22,23)/p-1/t11-,12-,17-/m0/s1. The Bertz CT molecular complexity index is 906. The van der Waals surface area contributed by atoms with Gasteiger partial charge in [-0.1, -0.05) is 48.6 Å². The second kappa shape index (κ2) is 5.73. The van der Waals surface area contributed by atoms with Crippen LogP contribution >= 0.6 is 0 Å². The van der Waals surface area contributed by atoms with Crippen LogP contribution in [0, 0.1) is 16.0 Å². The van der Waals surface area contributed by atoms with Gasteiger partial charge in [0.2, 0.25) is 0 Å². The summed E-state index contributed by atoms with van der Waals surface area (Å²) in [6, 6.07) is 11.4. The summed E-state index contributed by atoms with van der Waals surface area (Å²) in [4.78, 5) is 22.5. The van der Waals surface area contributed by atoms with Crippen LogP contribution in [0.2, 0.25) is 0 Å². The first-order chi connectivity index (χ1) is 12.1. The largest absolute Gasteiger partial charge is 0.545 e. The molecule has 1 aliphatic heterocycles. The maximum Gasteiger partial charge on any atom is 0.274 e. The van der Waals surface area contributed by atoms with Crippen molar-refractivity contribution in [2.24, 2.45) is 5.92 Å². The molecule has 2 aromatic carbocycles. The third-order valence-corrected chi connectivity index (χ3v) is 5.09. The summed E-state index contributed by atoms with van der Waals surface area (Å²) in [5, 5.41) is 26.2. The summed E-state index contributed by atoms with van der Waals surface area (Å²) in [5.74, 6) is -1.13. The minimum Gasteiger partial charge on any atom is -0.545 e. The van der Waals surface area contributed by atoms with E-state index in [0.29, 0.717) is 11.3 Å². The highest BCUT2D eigenvalue weighted by atomic mass is 16.6. The van der Waals surface area contributed by atoms with E-state index >= 15 is 0 Å². The second-order valence-corrected chi connectivity index (χ2v) is 6.35. The zero-order valence-electron chi connectivity index (χ0n) is 13.2. The number of benzene rings is 2. The van der Waals surface area contributed by atoms with E-state index < -0.39 is 10.9 Å². The van der Waals surface area contributed by atoms with Crippen LogP contribution in [0.5, 0.6) is 0 Å². The van der Waals surface area contributed by atoms with Gasteiger partial charge in [-0.3, -0.25) is 10.1 Å². The summed E-state index contributed by atoms with van der Waals surface area (Å²) < 4.78 is 0. The number of hydrogen-bond acceptors (Lipinski definition) is 5. The topological polar surface area (TPSA) is 95.3 Å². The number of carbonyl (C=O) groups is 1. The number of nitro benzene ring substituents is 1. The molecule has 0 spiro atoms. The number of nitrogens with one attached hydrogen (secondary N) is 1. The van der Waals surface area contributed by atoms with Crippen molar-refractivity contribution in [1.82, 2.24) is 0 Å². The molecule has 0 bridgehead atoms. The van der Waals surface area contributed by atoms with Gasteiger partial charge in [0.15, 0.2) is 0 Å². The molecule has 0 aromatic heterocycles. The molecule has 1 N–H and O–H groups in total. The van der Waals surface area contributed by atoms with Gasteiger partial charge >= 0.3 is 0 Å². The monoisotopic (exact) mass is 335 g/mol. The molecule has 0 amide bonds. The number of hydrogen-bond donors (Lipinski definition) is 1. The van der Waals surface area contributed by atoms with Crippen LogP contribution in [0.4, 0.5) is 11.4 Å². The van der Waals surface area contributed by atoms with Crippen molar-refractivity contribution in [3.05, 3.63) is 81.4 Å². The fourth-order valence-electron chi connectivity index (χ4n) is 4.02. The molecule has 0 saturated heterocycles. The first-order valence-electron chi connectivity index (χ1n) is 8.08. The lowest BCUT2D eigenvalue weighted by atomic mass is 9.76. The molecule has 0 saturated carbocycles. The van der Waals surface area contributed by atoms with Crippen molar-refractivity contribution in [2.75, 3.05) is 5.32 Å². The number of carboxylic acids is 1. The van der Waals surface area contributed by atoms with E-state index in [0.717, 1.165) is 12.0 Å². The lowest BCUT2D eigenvalue weighted by Crippen LogP contribution is -2.32. The van der Waals surface area contributed by atoms with Crippen LogP contribution in [0.15, 0.2) is 54.6 Å². The average Bonchev–Trinajstić information content (AvgIpc) is 3.10. The van der Waals surface area contributed by atoms with Gasteiger partial charge < -0.3 is 15.2 Å². The Hall–Kier alpha value is -3.15. The summed E-state index contributed by atoms with van der Waals surface area (Å²) in [6.07, 6.45) is 4.90.